The molecule has 1 aromatic heterocycles. The molecule has 17 heteroatoms. The van der Waals surface area contributed by atoms with Gasteiger partial charge in [0, 0.05) is 50.5 Å². The monoisotopic (exact) mass is 895 g/mol. The molecule has 0 unspecified atom stereocenters. The number of likely N-dealkylation sites (N-methyl/N-ethyl adjacent to an activating group) is 1. The van der Waals surface area contributed by atoms with Crippen LogP contribution >= 0.6 is 11.3 Å². The highest BCUT2D eigenvalue weighted by Crippen LogP contribution is 2.40. The highest BCUT2D eigenvalue weighted by molar-refractivity contribution is 7.20. The van der Waals surface area contributed by atoms with E-state index in [0.717, 1.165) is 11.3 Å². The number of halogens is 5. The largest absolute Gasteiger partial charge is 0.495 e. The first-order valence-electron chi connectivity index (χ1n) is 21.2. The van der Waals surface area contributed by atoms with Crippen LogP contribution in [0.25, 0.3) is 10.1 Å². The normalized spacial score (nSPS) is 21.9. The summed E-state index contributed by atoms with van der Waals surface area (Å²) < 4.78 is 78.5. The molecule has 0 radical (unpaired) electrons. The molecule has 2 saturated heterocycles. The van der Waals surface area contributed by atoms with Crippen molar-refractivity contribution in [2.75, 3.05) is 81.0 Å². The first-order valence-corrected chi connectivity index (χ1v) is 22.0. The number of anilines is 4. The molecule has 5 N–H and O–H groups in total. The van der Waals surface area contributed by atoms with Crippen molar-refractivity contribution in [2.45, 2.75) is 76.0 Å². The molecule has 2 fully saturated rings. The summed E-state index contributed by atoms with van der Waals surface area (Å²) in [4.78, 5) is 32.7. The summed E-state index contributed by atoms with van der Waals surface area (Å²) in [6.45, 7) is 5.41. The quantitative estimate of drug-likeness (QED) is 0.0842. The number of likely N-dealkylation sites (tertiary alicyclic amines) is 1. The molecule has 4 aromatic rings. The van der Waals surface area contributed by atoms with Crippen LogP contribution in [-0.4, -0.2) is 119 Å². The van der Waals surface area contributed by atoms with Gasteiger partial charge in [0.2, 0.25) is 5.91 Å². The van der Waals surface area contributed by atoms with Gasteiger partial charge in [-0.2, -0.15) is 13.2 Å². The fraction of sp³-hybridized carbons (Fsp3) is 0.478. The van der Waals surface area contributed by atoms with Gasteiger partial charge >= 0.3 is 6.18 Å². The number of methoxy groups -OCH3 is 1. The fourth-order valence-electron chi connectivity index (χ4n) is 8.91. The zero-order chi connectivity index (χ0) is 45.2. The fourth-order valence-corrected chi connectivity index (χ4v) is 10.1. The topological polar surface area (TPSA) is 121 Å². The number of nitrogens with one attached hydrogen (secondary N) is 4. The van der Waals surface area contributed by atoms with Crippen molar-refractivity contribution in [3.05, 3.63) is 75.9 Å². The predicted octanol–water partition coefficient (Wildman–Crippen LogP) is 6.57. The number of hydrogen-bond acceptors (Lipinski definition) is 10. The smallest absolute Gasteiger partial charge is 0.393 e. The van der Waals surface area contributed by atoms with E-state index in [1.54, 1.807) is 42.5 Å². The van der Waals surface area contributed by atoms with Gasteiger partial charge in [0.05, 0.1) is 65.4 Å². The van der Waals surface area contributed by atoms with Crippen molar-refractivity contribution in [1.82, 2.24) is 15.5 Å². The van der Waals surface area contributed by atoms with Gasteiger partial charge in [0.1, 0.15) is 23.8 Å². The molecule has 0 spiro atoms. The van der Waals surface area contributed by atoms with E-state index in [9.17, 15) is 32.3 Å². The summed E-state index contributed by atoms with van der Waals surface area (Å²) in [7, 11) is 5.15. The summed E-state index contributed by atoms with van der Waals surface area (Å²) in [5.41, 5.74) is 3.17. The molecule has 0 saturated carbocycles. The molecule has 338 valence electrons. The van der Waals surface area contributed by atoms with Gasteiger partial charge in [-0.3, -0.25) is 9.59 Å². The number of aliphatic hydroxyl groups is 1. The second kappa shape index (κ2) is 19.2. The van der Waals surface area contributed by atoms with Crippen molar-refractivity contribution < 1.29 is 41.4 Å². The van der Waals surface area contributed by atoms with E-state index in [2.05, 4.69) is 33.1 Å². The van der Waals surface area contributed by atoms with Crippen LogP contribution in [0.15, 0.2) is 48.5 Å². The predicted molar refractivity (Wildman–Crippen MR) is 239 cm³/mol. The molecule has 11 nitrogen and oxygen atoms in total. The summed E-state index contributed by atoms with van der Waals surface area (Å²) in [6.07, 6.45) is -5.39. The average Bonchev–Trinajstić information content (AvgIpc) is 3.83. The van der Waals surface area contributed by atoms with Gasteiger partial charge in [0.15, 0.2) is 0 Å². The Labute approximate surface area is 368 Å². The Morgan fingerprint density at radius 3 is 2.57 bits per heavy atom. The van der Waals surface area contributed by atoms with Crippen molar-refractivity contribution in [3.8, 4) is 17.6 Å². The number of alkyl halides is 4. The molecule has 3 aliphatic heterocycles. The van der Waals surface area contributed by atoms with Gasteiger partial charge in [-0.05, 0) is 85.1 Å². The first kappa shape index (κ1) is 45.7. The Hall–Kier alpha value is -5.31. The van der Waals surface area contributed by atoms with Crippen LogP contribution in [0.5, 0.6) is 5.75 Å². The second-order valence-electron chi connectivity index (χ2n) is 17.0. The third-order valence-corrected chi connectivity index (χ3v) is 13.3. The molecule has 0 bridgehead atoms. The minimum atomic E-state index is -4.48. The SMILES string of the molecule is COc1ccc(C(=O)N[C@@H]2CCN(c3cc4c(cc3F)C[C@@H](CO)NC(=O)[C@H](C(C)C)N4C)C2)cc1NCC#Cc1sc2c(N[C@@H]3CCN(C)C[C@@H]3F)cccc2c1CC(F)(F)F. The first-order chi connectivity index (χ1) is 30.0. The highest BCUT2D eigenvalue weighted by Gasteiger charge is 2.35. The van der Waals surface area contributed by atoms with Gasteiger partial charge in [-0.1, -0.05) is 37.8 Å². The summed E-state index contributed by atoms with van der Waals surface area (Å²) >= 11 is 1.14. The number of ether oxygens (including phenoxy) is 1. The maximum Gasteiger partial charge on any atom is 0.393 e. The lowest BCUT2D eigenvalue weighted by Gasteiger charge is -2.37. The average molecular weight is 896 g/mol. The van der Waals surface area contributed by atoms with Crippen molar-refractivity contribution >= 4 is 56.0 Å². The molecule has 4 heterocycles. The number of amides is 2. The minimum Gasteiger partial charge on any atom is -0.495 e. The van der Waals surface area contributed by atoms with Crippen LogP contribution in [0.2, 0.25) is 0 Å². The van der Waals surface area contributed by atoms with E-state index in [-0.39, 0.29) is 60.3 Å². The van der Waals surface area contributed by atoms with Gasteiger partial charge in [-0.15, -0.1) is 11.3 Å². The molecule has 5 atom stereocenters. The zero-order valence-corrected chi connectivity index (χ0v) is 36.8. The Morgan fingerprint density at radius 1 is 1.06 bits per heavy atom. The number of carbonyl (C=O) groups excluding carboxylic acids is 2. The van der Waals surface area contributed by atoms with E-state index < -0.39 is 42.7 Å². The Kier molecular flexibility index (Phi) is 13.9. The maximum atomic E-state index is 15.8. The number of aliphatic hydroxyl groups excluding tert-OH is 1. The number of rotatable bonds is 11. The van der Waals surface area contributed by atoms with E-state index in [1.807, 2.05) is 42.6 Å². The van der Waals surface area contributed by atoms with Crippen LogP contribution in [0, 0.1) is 23.6 Å². The van der Waals surface area contributed by atoms with E-state index in [0.29, 0.717) is 82.2 Å². The third kappa shape index (κ3) is 10.4. The molecule has 0 aliphatic carbocycles. The molecule has 63 heavy (non-hydrogen) atoms. The summed E-state index contributed by atoms with van der Waals surface area (Å²) in [6, 6.07) is 11.3. The van der Waals surface area contributed by atoms with Crippen molar-refractivity contribution in [3.63, 3.8) is 0 Å². The summed E-state index contributed by atoms with van der Waals surface area (Å²) in [5.74, 6) is 5.26. The molecule has 7 rings (SSSR count). The van der Waals surface area contributed by atoms with Gasteiger partial charge in [0.25, 0.3) is 5.91 Å². The highest BCUT2D eigenvalue weighted by atomic mass is 32.1. The maximum absolute atomic E-state index is 15.8. The molecule has 2 amide bonds. The van der Waals surface area contributed by atoms with Crippen LogP contribution < -0.4 is 35.8 Å². The van der Waals surface area contributed by atoms with Crippen molar-refractivity contribution in [2.24, 2.45) is 5.92 Å². The number of hydrogen-bond donors (Lipinski definition) is 5. The number of thiophene rings is 1. The lowest BCUT2D eigenvalue weighted by Crippen LogP contribution is -2.54. The third-order valence-electron chi connectivity index (χ3n) is 12.1. The number of piperidine rings is 1. The minimum absolute atomic E-state index is 0.0216. The number of fused-ring (bicyclic) bond motifs is 2. The lowest BCUT2D eigenvalue weighted by molar-refractivity contribution is -0.127. The Balaban J connectivity index is 1.04. The van der Waals surface area contributed by atoms with E-state index in [4.69, 9.17) is 4.74 Å². The lowest BCUT2D eigenvalue weighted by atomic mass is 9.94. The van der Waals surface area contributed by atoms with E-state index >= 15 is 4.39 Å². The number of carbonyl (C=O) groups is 2. The summed E-state index contributed by atoms with van der Waals surface area (Å²) in [5, 5.41) is 22.7. The van der Waals surface area contributed by atoms with Crippen LogP contribution in [0.1, 0.15) is 53.1 Å². The molecular formula is C46H54F5N7O4S. The van der Waals surface area contributed by atoms with Crippen LogP contribution in [-0.2, 0) is 17.6 Å². The van der Waals surface area contributed by atoms with Crippen molar-refractivity contribution in [1.29, 1.82) is 0 Å². The molecular weight excluding hydrogens is 842 g/mol. The van der Waals surface area contributed by atoms with Gasteiger partial charge in [-0.25, -0.2) is 8.78 Å². The zero-order valence-electron chi connectivity index (χ0n) is 36.0. The Morgan fingerprint density at radius 2 is 1.86 bits per heavy atom. The molecule has 3 aliphatic rings. The second-order valence-corrected chi connectivity index (χ2v) is 18.0. The number of nitrogens with zero attached hydrogens (tertiary/aromatic N) is 3. The van der Waals surface area contributed by atoms with E-state index in [1.165, 1.54) is 13.2 Å². The Bertz CT molecular complexity index is 2380. The van der Waals surface area contributed by atoms with Crippen LogP contribution in [0.4, 0.5) is 44.7 Å². The van der Waals surface area contributed by atoms with Crippen LogP contribution in [0.3, 0.4) is 0 Å². The number of benzene rings is 3. The van der Waals surface area contributed by atoms with Gasteiger partial charge < -0.3 is 45.8 Å². The molecule has 3 aromatic carbocycles. The standard InChI is InChI=1S/C46H54F5N7O4S/c1-26(2)42-45(61)54-30(25-59)18-28-19-33(47)39(21-38(28)57(42)4)58-17-13-29(23-58)53-44(60)27-11-12-40(62-5)37(20-27)52-15-7-10-41-32(22-46(49,50)51)31-8-6-9-36(43(31)63-41)55-35-14-16-56(3)24-34(35)48/h6,8-9,11-12,19-21,26,29-30,34-35,42,52,55,59H,13-18,22-25H2,1-5H3,(H,53,60)(H,54,61)/t29-,30+,34+,35-,42+/m1/s1.